The molecule has 1 aromatic carbocycles. The third-order valence-corrected chi connectivity index (χ3v) is 4.23. The van der Waals surface area contributed by atoms with E-state index in [1.807, 2.05) is 30.3 Å². The van der Waals surface area contributed by atoms with Gasteiger partial charge < -0.3 is 14.2 Å². The van der Waals surface area contributed by atoms with E-state index in [0.717, 1.165) is 5.56 Å². The molecule has 3 unspecified atom stereocenters. The van der Waals surface area contributed by atoms with E-state index in [1.165, 1.54) is 13.0 Å². The summed E-state index contributed by atoms with van der Waals surface area (Å²) in [5, 5.41) is 0. The van der Waals surface area contributed by atoms with Crippen LogP contribution in [0, 0.1) is 0 Å². The van der Waals surface area contributed by atoms with E-state index in [2.05, 4.69) is 15.9 Å². The highest BCUT2D eigenvalue weighted by molar-refractivity contribution is 9.11. The van der Waals surface area contributed by atoms with Gasteiger partial charge in [-0.3, -0.25) is 4.79 Å². The first kappa shape index (κ1) is 19.6. The van der Waals surface area contributed by atoms with Gasteiger partial charge in [-0.1, -0.05) is 46.3 Å². The molecule has 0 saturated carbocycles. The minimum absolute atomic E-state index is 0.126. The molecular formula is C19H21BrO5. The Kier molecular flexibility index (Phi) is 7.55. The van der Waals surface area contributed by atoms with E-state index in [1.54, 1.807) is 19.1 Å². The summed E-state index contributed by atoms with van der Waals surface area (Å²) in [4.78, 5) is 23.3. The zero-order valence-electron chi connectivity index (χ0n) is 14.2. The highest BCUT2D eigenvalue weighted by Gasteiger charge is 2.32. The van der Waals surface area contributed by atoms with Crippen LogP contribution in [-0.4, -0.2) is 36.7 Å². The summed E-state index contributed by atoms with van der Waals surface area (Å²) >= 11 is 3.37. The Hall–Kier alpha value is -1.76. The molecule has 3 atom stereocenters. The summed E-state index contributed by atoms with van der Waals surface area (Å²) in [6.45, 7) is 3.88. The fourth-order valence-corrected chi connectivity index (χ4v) is 3.05. The summed E-state index contributed by atoms with van der Waals surface area (Å²) in [5.41, 5.74) is 1.02. The molecule has 25 heavy (non-hydrogen) atoms. The normalized spacial score (nSPS) is 23.3. The quantitative estimate of drug-likeness (QED) is 0.511. The lowest BCUT2D eigenvalue weighted by Crippen LogP contribution is -2.40. The van der Waals surface area contributed by atoms with E-state index in [0.29, 0.717) is 17.7 Å². The first-order valence-corrected chi connectivity index (χ1v) is 8.84. The van der Waals surface area contributed by atoms with E-state index >= 15 is 0 Å². The maximum atomic E-state index is 11.7. The Morgan fingerprint density at radius 3 is 2.64 bits per heavy atom. The van der Waals surface area contributed by atoms with Gasteiger partial charge in [-0.25, -0.2) is 4.79 Å². The second-order valence-corrected chi connectivity index (χ2v) is 6.43. The van der Waals surface area contributed by atoms with Crippen LogP contribution < -0.4 is 0 Å². The molecule has 1 heterocycles. The third kappa shape index (κ3) is 5.92. The molecule has 0 aromatic heterocycles. The summed E-state index contributed by atoms with van der Waals surface area (Å²) in [6.07, 6.45) is 2.97. The van der Waals surface area contributed by atoms with Gasteiger partial charge >= 0.3 is 5.97 Å². The number of carbonyl (C=O) groups is 2. The Morgan fingerprint density at radius 2 is 2.00 bits per heavy atom. The summed E-state index contributed by atoms with van der Waals surface area (Å²) in [5.74, 6) is -0.583. The largest absolute Gasteiger partial charge is 0.463 e. The lowest BCUT2D eigenvalue weighted by Gasteiger charge is -2.31. The smallest absolute Gasteiger partial charge is 0.330 e. The van der Waals surface area contributed by atoms with Gasteiger partial charge in [-0.05, 0) is 31.6 Å². The van der Waals surface area contributed by atoms with Crippen LogP contribution in [0.25, 0.3) is 0 Å². The predicted molar refractivity (Wildman–Crippen MR) is 97.1 cm³/mol. The molecule has 0 N–H and O–H groups in total. The number of hydrogen-bond donors (Lipinski definition) is 0. The lowest BCUT2D eigenvalue weighted by atomic mass is 10.1. The second kappa shape index (κ2) is 9.65. The van der Waals surface area contributed by atoms with Gasteiger partial charge in [0.1, 0.15) is 18.3 Å². The van der Waals surface area contributed by atoms with Crippen LogP contribution in [0.1, 0.15) is 19.4 Å². The van der Waals surface area contributed by atoms with Crippen LogP contribution >= 0.6 is 15.9 Å². The first-order valence-electron chi connectivity index (χ1n) is 8.05. The molecule has 0 spiro atoms. The third-order valence-electron chi connectivity index (χ3n) is 3.55. The van der Waals surface area contributed by atoms with E-state index in [-0.39, 0.29) is 5.78 Å². The van der Waals surface area contributed by atoms with Crippen molar-refractivity contribution in [3.05, 3.63) is 58.6 Å². The van der Waals surface area contributed by atoms with Gasteiger partial charge in [0.05, 0.1) is 13.2 Å². The highest BCUT2D eigenvalue weighted by atomic mass is 79.9. The van der Waals surface area contributed by atoms with Gasteiger partial charge in [-0.2, -0.15) is 0 Å². The van der Waals surface area contributed by atoms with Gasteiger partial charge in [0, 0.05) is 10.6 Å². The maximum Gasteiger partial charge on any atom is 0.330 e. The molecule has 0 fully saturated rings. The van der Waals surface area contributed by atoms with Crippen molar-refractivity contribution in [3.8, 4) is 0 Å². The highest BCUT2D eigenvalue weighted by Crippen LogP contribution is 2.28. The Bertz CT molecular complexity index is 653. The number of hydrogen-bond acceptors (Lipinski definition) is 5. The van der Waals surface area contributed by atoms with E-state index in [9.17, 15) is 9.59 Å². The fraction of sp³-hybridized carbons (Fsp3) is 0.368. The van der Waals surface area contributed by atoms with Crippen molar-refractivity contribution in [3.63, 3.8) is 0 Å². The number of ketones is 1. The summed E-state index contributed by atoms with van der Waals surface area (Å²) in [6, 6.07) is 9.73. The zero-order valence-corrected chi connectivity index (χ0v) is 15.8. The van der Waals surface area contributed by atoms with E-state index < -0.39 is 24.3 Å². The van der Waals surface area contributed by atoms with Crippen molar-refractivity contribution >= 4 is 27.7 Å². The van der Waals surface area contributed by atoms with Crippen LogP contribution in [-0.2, 0) is 30.4 Å². The number of esters is 1. The maximum absolute atomic E-state index is 11.7. The second-order valence-electron chi connectivity index (χ2n) is 5.52. The number of Topliss-reactive ketones (excluding diaryl/α,β-unsaturated/α-hetero) is 1. The lowest BCUT2D eigenvalue weighted by molar-refractivity contribution is -0.137. The van der Waals surface area contributed by atoms with Gasteiger partial charge in [-0.15, -0.1) is 0 Å². The van der Waals surface area contributed by atoms with Crippen LogP contribution in [0.2, 0.25) is 0 Å². The van der Waals surface area contributed by atoms with Crippen LogP contribution in [0.4, 0.5) is 0 Å². The topological polar surface area (TPSA) is 61.8 Å². The molecule has 134 valence electrons. The number of halogens is 1. The molecule has 1 aromatic rings. The van der Waals surface area contributed by atoms with Crippen molar-refractivity contribution < 1.29 is 23.8 Å². The Labute approximate surface area is 155 Å². The fourth-order valence-electron chi connectivity index (χ4n) is 2.36. The first-order chi connectivity index (χ1) is 12.0. The minimum Gasteiger partial charge on any atom is -0.463 e. The van der Waals surface area contributed by atoms with Crippen molar-refractivity contribution in [2.75, 3.05) is 6.61 Å². The van der Waals surface area contributed by atoms with Crippen molar-refractivity contribution in [2.24, 2.45) is 0 Å². The molecule has 1 aliphatic heterocycles. The number of benzene rings is 1. The summed E-state index contributed by atoms with van der Waals surface area (Å²) in [7, 11) is 0. The summed E-state index contributed by atoms with van der Waals surface area (Å²) < 4.78 is 17.2. The average molecular weight is 409 g/mol. The van der Waals surface area contributed by atoms with Crippen LogP contribution in [0.5, 0.6) is 0 Å². The van der Waals surface area contributed by atoms with Crippen LogP contribution in [0.15, 0.2) is 53.0 Å². The molecule has 0 amide bonds. The number of ether oxygens (including phenoxy) is 3. The Balaban J connectivity index is 2.12. The van der Waals surface area contributed by atoms with Gasteiger partial charge in [0.25, 0.3) is 0 Å². The molecule has 0 saturated heterocycles. The predicted octanol–water partition coefficient (Wildman–Crippen LogP) is 3.33. The monoisotopic (exact) mass is 408 g/mol. The van der Waals surface area contributed by atoms with Crippen molar-refractivity contribution in [1.82, 2.24) is 0 Å². The molecule has 5 nitrogen and oxygen atoms in total. The number of rotatable bonds is 7. The molecule has 1 aliphatic rings. The molecule has 0 radical (unpaired) electrons. The molecule has 0 bridgehead atoms. The van der Waals surface area contributed by atoms with Crippen LogP contribution in [0.3, 0.4) is 0 Å². The SMILES string of the molecule is CCOC(=O)C=CC1OC(C(C)=O)C(Br)=CC1OCc1ccccc1. The van der Waals surface area contributed by atoms with Gasteiger partial charge in [0.15, 0.2) is 5.78 Å². The zero-order chi connectivity index (χ0) is 18.2. The molecular weight excluding hydrogens is 388 g/mol. The average Bonchev–Trinajstić information content (AvgIpc) is 2.59. The molecule has 6 heteroatoms. The van der Waals surface area contributed by atoms with Crippen molar-refractivity contribution in [1.29, 1.82) is 0 Å². The standard InChI is InChI=1S/C19H21BrO5/c1-3-23-18(22)10-9-16-17(11-15(20)19(25-16)13(2)21)24-12-14-7-5-4-6-8-14/h4-11,16-17,19H,3,12H2,1-2H3. The van der Waals surface area contributed by atoms with Gasteiger partial charge in [0.2, 0.25) is 0 Å². The van der Waals surface area contributed by atoms with Crippen molar-refractivity contribution in [2.45, 2.75) is 38.8 Å². The molecule has 0 aliphatic carbocycles. The minimum atomic E-state index is -0.701. The molecule has 2 rings (SSSR count). The Morgan fingerprint density at radius 1 is 1.28 bits per heavy atom. The number of carbonyl (C=O) groups excluding carboxylic acids is 2. The van der Waals surface area contributed by atoms with E-state index in [4.69, 9.17) is 14.2 Å².